The van der Waals surface area contributed by atoms with Gasteiger partial charge in [-0.2, -0.15) is 0 Å². The van der Waals surface area contributed by atoms with Gasteiger partial charge in [0.15, 0.2) is 0 Å². The molecule has 1 rings (SSSR count). The van der Waals surface area contributed by atoms with E-state index < -0.39 is 0 Å². The fourth-order valence-electron chi connectivity index (χ4n) is 1.84. The second-order valence-electron chi connectivity index (χ2n) is 4.81. The molecule has 0 atom stereocenters. The molecule has 0 bridgehead atoms. The van der Waals surface area contributed by atoms with Gasteiger partial charge in [-0.05, 0) is 44.5 Å². The van der Waals surface area contributed by atoms with Gasteiger partial charge in [0.25, 0.3) is 0 Å². The number of halogens is 1. The number of aliphatic hydroxyl groups excluding tert-OH is 1. The lowest BCUT2D eigenvalue weighted by Crippen LogP contribution is -2.38. The third-order valence-corrected chi connectivity index (χ3v) is 3.91. The lowest BCUT2D eigenvalue weighted by atomic mass is 10.2. The summed E-state index contributed by atoms with van der Waals surface area (Å²) in [7, 11) is 0. The summed E-state index contributed by atoms with van der Waals surface area (Å²) in [6.45, 7) is 4.64. The summed E-state index contributed by atoms with van der Waals surface area (Å²) in [6, 6.07) is 6.43. The summed E-state index contributed by atoms with van der Waals surface area (Å²) in [4.78, 5) is 14.9. The Kier molecular flexibility index (Phi) is 7.62. The van der Waals surface area contributed by atoms with Gasteiger partial charge in [0.05, 0.1) is 0 Å². The molecule has 0 saturated carbocycles. The number of hydrogen-bond acceptors (Lipinski definition) is 3. The minimum absolute atomic E-state index is 0.0980. The minimum Gasteiger partial charge on any atom is -0.396 e. The van der Waals surface area contributed by atoms with Crippen LogP contribution < -0.4 is 0 Å². The van der Waals surface area contributed by atoms with Crippen molar-refractivity contribution in [1.29, 1.82) is 0 Å². The lowest BCUT2D eigenvalue weighted by Gasteiger charge is -2.26. The van der Waals surface area contributed by atoms with E-state index in [1.807, 2.05) is 13.8 Å². The highest BCUT2D eigenvalue weighted by atomic mass is 32.2. The van der Waals surface area contributed by atoms with E-state index in [-0.39, 0.29) is 24.4 Å². The van der Waals surface area contributed by atoms with Crippen LogP contribution in [0, 0.1) is 5.82 Å². The van der Waals surface area contributed by atoms with Crippen molar-refractivity contribution in [1.82, 2.24) is 4.90 Å². The number of rotatable bonds is 8. The molecular formula is C15H22FNO2S. The molecule has 5 heteroatoms. The molecule has 1 aromatic rings. The van der Waals surface area contributed by atoms with Gasteiger partial charge < -0.3 is 10.0 Å². The standard InChI is InChI=1S/C15H22FNO2S/c1-12(2)17(9-3-10-18)15(19)8-11-20-14-6-4-13(16)5-7-14/h4-7,12,18H,3,8-11H2,1-2H3. The Labute approximate surface area is 124 Å². The molecule has 112 valence electrons. The van der Waals surface area contributed by atoms with Crippen molar-refractivity contribution in [3.63, 3.8) is 0 Å². The van der Waals surface area contributed by atoms with Crippen molar-refractivity contribution in [2.24, 2.45) is 0 Å². The molecule has 0 unspecified atom stereocenters. The molecule has 0 fully saturated rings. The first-order chi connectivity index (χ1) is 9.54. The summed E-state index contributed by atoms with van der Waals surface area (Å²) in [5, 5.41) is 8.85. The molecule has 1 aromatic carbocycles. The Morgan fingerprint density at radius 2 is 2.00 bits per heavy atom. The molecular weight excluding hydrogens is 277 g/mol. The van der Waals surface area contributed by atoms with Crippen LogP contribution in [0.1, 0.15) is 26.7 Å². The van der Waals surface area contributed by atoms with Crippen molar-refractivity contribution < 1.29 is 14.3 Å². The lowest BCUT2D eigenvalue weighted by molar-refractivity contribution is -0.132. The monoisotopic (exact) mass is 299 g/mol. The van der Waals surface area contributed by atoms with Gasteiger partial charge in [-0.3, -0.25) is 4.79 Å². The molecule has 20 heavy (non-hydrogen) atoms. The van der Waals surface area contributed by atoms with Crippen LogP contribution in [-0.2, 0) is 4.79 Å². The Morgan fingerprint density at radius 3 is 2.55 bits per heavy atom. The van der Waals surface area contributed by atoms with E-state index in [1.165, 1.54) is 12.1 Å². The fraction of sp³-hybridized carbons (Fsp3) is 0.533. The van der Waals surface area contributed by atoms with Crippen molar-refractivity contribution >= 4 is 17.7 Å². The number of aliphatic hydroxyl groups is 1. The van der Waals surface area contributed by atoms with E-state index >= 15 is 0 Å². The summed E-state index contributed by atoms with van der Waals surface area (Å²) in [5.74, 6) is 0.524. The van der Waals surface area contributed by atoms with Gasteiger partial charge in [-0.1, -0.05) is 0 Å². The number of benzene rings is 1. The zero-order chi connectivity index (χ0) is 15.0. The number of thioether (sulfide) groups is 1. The minimum atomic E-state index is -0.250. The fourth-order valence-corrected chi connectivity index (χ4v) is 2.68. The number of amides is 1. The predicted octanol–water partition coefficient (Wildman–Crippen LogP) is 2.93. The highest BCUT2D eigenvalue weighted by Crippen LogP contribution is 2.19. The van der Waals surface area contributed by atoms with E-state index in [1.54, 1.807) is 28.8 Å². The van der Waals surface area contributed by atoms with Gasteiger partial charge in [0.1, 0.15) is 5.82 Å². The van der Waals surface area contributed by atoms with Crippen molar-refractivity contribution in [3.05, 3.63) is 30.1 Å². The first-order valence-electron chi connectivity index (χ1n) is 6.83. The third kappa shape index (κ3) is 5.92. The quantitative estimate of drug-likeness (QED) is 0.750. The van der Waals surface area contributed by atoms with Crippen molar-refractivity contribution in [2.75, 3.05) is 18.9 Å². The highest BCUT2D eigenvalue weighted by Gasteiger charge is 2.15. The van der Waals surface area contributed by atoms with Crippen LogP contribution in [0.2, 0.25) is 0 Å². The molecule has 0 heterocycles. The normalized spacial score (nSPS) is 10.8. The van der Waals surface area contributed by atoms with Crippen LogP contribution in [0.5, 0.6) is 0 Å². The number of carbonyl (C=O) groups excluding carboxylic acids is 1. The zero-order valence-corrected chi connectivity index (χ0v) is 12.8. The average molecular weight is 299 g/mol. The molecule has 0 spiro atoms. The maximum Gasteiger partial charge on any atom is 0.223 e. The van der Waals surface area contributed by atoms with Crippen LogP contribution in [0.4, 0.5) is 4.39 Å². The Balaban J connectivity index is 2.38. The van der Waals surface area contributed by atoms with E-state index in [9.17, 15) is 9.18 Å². The first-order valence-corrected chi connectivity index (χ1v) is 7.82. The topological polar surface area (TPSA) is 40.5 Å². The van der Waals surface area contributed by atoms with Crippen molar-refractivity contribution in [2.45, 2.75) is 37.6 Å². The van der Waals surface area contributed by atoms with E-state index in [2.05, 4.69) is 0 Å². The van der Waals surface area contributed by atoms with Crippen LogP contribution in [-0.4, -0.2) is 40.9 Å². The molecule has 1 amide bonds. The average Bonchev–Trinajstić information content (AvgIpc) is 2.41. The zero-order valence-electron chi connectivity index (χ0n) is 12.0. The number of nitrogens with zero attached hydrogens (tertiary/aromatic N) is 1. The molecule has 0 aliphatic heterocycles. The summed E-state index contributed by atoms with van der Waals surface area (Å²) in [6.07, 6.45) is 1.06. The number of carbonyl (C=O) groups is 1. The molecule has 0 radical (unpaired) electrons. The molecule has 1 N–H and O–H groups in total. The largest absolute Gasteiger partial charge is 0.396 e. The van der Waals surface area contributed by atoms with Crippen LogP contribution in [0.25, 0.3) is 0 Å². The van der Waals surface area contributed by atoms with Gasteiger partial charge in [0.2, 0.25) is 5.91 Å². The summed E-state index contributed by atoms with van der Waals surface area (Å²) >= 11 is 1.55. The third-order valence-electron chi connectivity index (χ3n) is 2.90. The van der Waals surface area contributed by atoms with Gasteiger partial charge in [-0.15, -0.1) is 11.8 Å². The predicted molar refractivity (Wildman–Crippen MR) is 80.3 cm³/mol. The highest BCUT2D eigenvalue weighted by molar-refractivity contribution is 7.99. The SMILES string of the molecule is CC(C)N(CCCO)C(=O)CCSc1ccc(F)cc1. The van der Waals surface area contributed by atoms with Crippen molar-refractivity contribution in [3.8, 4) is 0 Å². The Bertz CT molecular complexity index is 409. The van der Waals surface area contributed by atoms with Gasteiger partial charge in [-0.25, -0.2) is 4.39 Å². The van der Waals surface area contributed by atoms with E-state index in [0.29, 0.717) is 25.1 Å². The number of hydrogen-bond donors (Lipinski definition) is 1. The first kappa shape index (κ1) is 17.0. The molecule has 3 nitrogen and oxygen atoms in total. The Morgan fingerprint density at radius 1 is 1.35 bits per heavy atom. The van der Waals surface area contributed by atoms with Gasteiger partial charge >= 0.3 is 0 Å². The molecule has 0 aromatic heterocycles. The molecule has 0 aliphatic rings. The van der Waals surface area contributed by atoms with Crippen LogP contribution in [0.3, 0.4) is 0 Å². The Hall–Kier alpha value is -1.07. The second-order valence-corrected chi connectivity index (χ2v) is 5.98. The van der Waals surface area contributed by atoms with Crippen LogP contribution in [0.15, 0.2) is 29.2 Å². The smallest absolute Gasteiger partial charge is 0.223 e. The maximum atomic E-state index is 12.8. The van der Waals surface area contributed by atoms with Crippen LogP contribution >= 0.6 is 11.8 Å². The van der Waals surface area contributed by atoms with Gasteiger partial charge in [0, 0.05) is 36.3 Å². The molecule has 0 saturated heterocycles. The molecule has 0 aliphatic carbocycles. The summed E-state index contributed by atoms with van der Waals surface area (Å²) in [5.41, 5.74) is 0. The van der Waals surface area contributed by atoms with E-state index in [0.717, 1.165) is 4.90 Å². The summed E-state index contributed by atoms with van der Waals surface area (Å²) < 4.78 is 12.8. The maximum absolute atomic E-state index is 12.8. The van der Waals surface area contributed by atoms with E-state index in [4.69, 9.17) is 5.11 Å². The second kappa shape index (κ2) is 8.97.